The van der Waals surface area contributed by atoms with E-state index in [2.05, 4.69) is 0 Å². The first-order valence-electron chi connectivity index (χ1n) is 5.20. The molecule has 0 aliphatic carbocycles. The monoisotopic (exact) mass is 218 g/mol. The van der Waals surface area contributed by atoms with Crippen molar-refractivity contribution in [3.05, 3.63) is 46.8 Å². The molecule has 0 fully saturated rings. The van der Waals surface area contributed by atoms with Gasteiger partial charge in [0, 0.05) is 12.0 Å². The Morgan fingerprint density at radius 1 is 1.25 bits per heavy atom. The highest BCUT2D eigenvalue weighted by Gasteiger charge is 2.18. The van der Waals surface area contributed by atoms with E-state index < -0.39 is 0 Å². The van der Waals surface area contributed by atoms with E-state index in [1.54, 1.807) is 18.6 Å². The molecule has 0 aliphatic heterocycles. The van der Waals surface area contributed by atoms with Gasteiger partial charge in [-0.2, -0.15) is 0 Å². The third kappa shape index (κ3) is 1.81. The molecule has 0 radical (unpaired) electrons. The molecule has 0 saturated carbocycles. The molecule has 2 aromatic rings. The first kappa shape index (κ1) is 10.7. The summed E-state index contributed by atoms with van der Waals surface area (Å²) in [5.74, 6) is 1.59. The van der Waals surface area contributed by atoms with E-state index in [1.165, 1.54) is 0 Å². The van der Waals surface area contributed by atoms with Crippen molar-refractivity contribution in [1.82, 2.24) is 0 Å². The summed E-state index contributed by atoms with van der Waals surface area (Å²) < 4.78 is 10.4. The molecule has 0 amide bonds. The molecule has 0 saturated heterocycles. The molecule has 0 bridgehead atoms. The van der Waals surface area contributed by atoms with Crippen LogP contribution in [0.2, 0.25) is 0 Å². The van der Waals surface area contributed by atoms with Crippen molar-refractivity contribution >= 4 is 5.78 Å². The maximum atomic E-state index is 12.1. The number of aryl methyl sites for hydroxylation is 2. The Morgan fingerprint density at radius 3 is 2.50 bits per heavy atom. The van der Waals surface area contributed by atoms with Gasteiger partial charge in [-0.3, -0.25) is 4.79 Å². The smallest absolute Gasteiger partial charge is 0.171 e. The van der Waals surface area contributed by atoms with Gasteiger partial charge in [-0.25, -0.2) is 0 Å². The lowest BCUT2D eigenvalue weighted by Crippen LogP contribution is -2.05. The van der Waals surface area contributed by atoms with Gasteiger partial charge >= 0.3 is 0 Å². The van der Waals surface area contributed by atoms with E-state index in [1.807, 2.05) is 20.8 Å². The van der Waals surface area contributed by atoms with Crippen LogP contribution in [-0.2, 0) is 6.42 Å². The number of furan rings is 2. The Morgan fingerprint density at radius 2 is 2.00 bits per heavy atom. The van der Waals surface area contributed by atoms with Gasteiger partial charge in [0.2, 0.25) is 0 Å². The molecule has 2 rings (SSSR count). The van der Waals surface area contributed by atoms with E-state index in [9.17, 15) is 4.79 Å². The Bertz CT molecular complexity index is 504. The summed E-state index contributed by atoms with van der Waals surface area (Å²) in [6.07, 6.45) is 3.52. The Kier molecular flexibility index (Phi) is 2.69. The average molecular weight is 218 g/mol. The highest BCUT2D eigenvalue weighted by atomic mass is 16.3. The van der Waals surface area contributed by atoms with Crippen molar-refractivity contribution in [2.45, 2.75) is 27.2 Å². The lowest BCUT2D eigenvalue weighted by molar-refractivity contribution is 0.0991. The highest BCUT2D eigenvalue weighted by Crippen LogP contribution is 2.22. The summed E-state index contributed by atoms with van der Waals surface area (Å²) in [4.78, 5) is 12.1. The molecule has 2 heterocycles. The Balaban J connectivity index is 2.27. The molecular weight excluding hydrogens is 204 g/mol. The minimum Gasteiger partial charge on any atom is -0.472 e. The zero-order valence-corrected chi connectivity index (χ0v) is 9.66. The van der Waals surface area contributed by atoms with Gasteiger partial charge in [0.1, 0.15) is 11.5 Å². The van der Waals surface area contributed by atoms with Gasteiger partial charge in [0.15, 0.2) is 5.78 Å². The van der Waals surface area contributed by atoms with Crippen LogP contribution in [-0.4, -0.2) is 5.78 Å². The minimum absolute atomic E-state index is 0.0771. The molecule has 0 aromatic carbocycles. The summed E-state index contributed by atoms with van der Waals surface area (Å²) in [6.45, 7) is 5.61. The number of ketones is 1. The highest BCUT2D eigenvalue weighted by molar-refractivity contribution is 5.99. The minimum atomic E-state index is 0.0771. The molecule has 84 valence electrons. The number of hydrogen-bond donors (Lipinski definition) is 0. The van der Waals surface area contributed by atoms with E-state index in [0.29, 0.717) is 17.7 Å². The fourth-order valence-corrected chi connectivity index (χ4v) is 1.87. The van der Waals surface area contributed by atoms with Gasteiger partial charge in [0.05, 0.1) is 18.1 Å². The second-order valence-corrected chi connectivity index (χ2v) is 3.95. The molecule has 3 heteroatoms. The van der Waals surface area contributed by atoms with Crippen molar-refractivity contribution < 1.29 is 13.6 Å². The van der Waals surface area contributed by atoms with Crippen LogP contribution in [0.3, 0.4) is 0 Å². The average Bonchev–Trinajstić information content (AvgIpc) is 2.77. The fraction of sp³-hybridized carbons (Fsp3) is 0.308. The summed E-state index contributed by atoms with van der Waals surface area (Å²) >= 11 is 0. The van der Waals surface area contributed by atoms with Crippen LogP contribution in [0.15, 0.2) is 27.4 Å². The summed E-state index contributed by atoms with van der Waals surface area (Å²) in [5.41, 5.74) is 2.53. The van der Waals surface area contributed by atoms with Crippen molar-refractivity contribution in [3.63, 3.8) is 0 Å². The summed E-state index contributed by atoms with van der Waals surface area (Å²) in [5, 5.41) is 0. The van der Waals surface area contributed by atoms with Crippen LogP contribution < -0.4 is 0 Å². The lowest BCUT2D eigenvalue weighted by atomic mass is 10.0. The molecule has 0 aliphatic rings. The van der Waals surface area contributed by atoms with Crippen molar-refractivity contribution in [3.8, 4) is 0 Å². The van der Waals surface area contributed by atoms with E-state index in [4.69, 9.17) is 8.83 Å². The van der Waals surface area contributed by atoms with E-state index in [0.717, 1.165) is 16.9 Å². The SMILES string of the molecule is Cc1oc(C)c(C(=O)Cc2ccoc2)c1C. The second-order valence-electron chi connectivity index (χ2n) is 3.95. The van der Waals surface area contributed by atoms with Crippen LogP contribution >= 0.6 is 0 Å². The first-order valence-corrected chi connectivity index (χ1v) is 5.20. The molecule has 16 heavy (non-hydrogen) atoms. The van der Waals surface area contributed by atoms with Crippen LogP contribution in [0.1, 0.15) is 33.0 Å². The number of Topliss-reactive ketones (excluding diaryl/α,β-unsaturated/α-hetero) is 1. The largest absolute Gasteiger partial charge is 0.472 e. The molecule has 0 unspecified atom stereocenters. The molecule has 2 aromatic heterocycles. The Labute approximate surface area is 94.1 Å². The van der Waals surface area contributed by atoms with E-state index in [-0.39, 0.29) is 5.78 Å². The third-order valence-corrected chi connectivity index (χ3v) is 2.78. The normalized spacial score (nSPS) is 10.7. The van der Waals surface area contributed by atoms with Gasteiger partial charge in [-0.1, -0.05) is 0 Å². The number of rotatable bonds is 3. The van der Waals surface area contributed by atoms with E-state index >= 15 is 0 Å². The third-order valence-electron chi connectivity index (χ3n) is 2.78. The summed E-state index contributed by atoms with van der Waals surface area (Å²) in [6, 6.07) is 1.80. The number of hydrogen-bond acceptors (Lipinski definition) is 3. The van der Waals surface area contributed by atoms with Crippen LogP contribution in [0.25, 0.3) is 0 Å². The number of carbonyl (C=O) groups excluding carboxylic acids is 1. The van der Waals surface area contributed by atoms with Gasteiger partial charge < -0.3 is 8.83 Å². The van der Waals surface area contributed by atoms with Crippen LogP contribution in [0.4, 0.5) is 0 Å². The second kappa shape index (κ2) is 4.00. The van der Waals surface area contributed by atoms with Crippen LogP contribution in [0.5, 0.6) is 0 Å². The number of carbonyl (C=O) groups is 1. The van der Waals surface area contributed by atoms with Crippen molar-refractivity contribution in [1.29, 1.82) is 0 Å². The predicted octanol–water partition coefficient (Wildman–Crippen LogP) is 3.22. The van der Waals surface area contributed by atoms with Crippen LogP contribution in [0, 0.1) is 20.8 Å². The quantitative estimate of drug-likeness (QED) is 0.743. The standard InChI is InChI=1S/C13H14O3/c1-8-9(2)16-10(3)13(8)12(14)6-11-4-5-15-7-11/h4-5,7H,6H2,1-3H3. The molecule has 3 nitrogen and oxygen atoms in total. The van der Waals surface area contributed by atoms with Crippen molar-refractivity contribution in [2.75, 3.05) is 0 Å². The molecule has 0 N–H and O–H groups in total. The molecular formula is C13H14O3. The topological polar surface area (TPSA) is 43.4 Å². The predicted molar refractivity (Wildman–Crippen MR) is 59.7 cm³/mol. The first-order chi connectivity index (χ1) is 7.59. The van der Waals surface area contributed by atoms with Gasteiger partial charge in [0.25, 0.3) is 0 Å². The van der Waals surface area contributed by atoms with Gasteiger partial charge in [-0.15, -0.1) is 0 Å². The molecule has 0 spiro atoms. The summed E-state index contributed by atoms with van der Waals surface area (Å²) in [7, 11) is 0. The maximum absolute atomic E-state index is 12.1. The molecule has 0 atom stereocenters. The zero-order valence-electron chi connectivity index (χ0n) is 9.66. The Hall–Kier alpha value is -1.77. The lowest BCUT2D eigenvalue weighted by Gasteiger charge is -1.98. The fourth-order valence-electron chi connectivity index (χ4n) is 1.87. The zero-order chi connectivity index (χ0) is 11.7. The van der Waals surface area contributed by atoms with Crippen molar-refractivity contribution in [2.24, 2.45) is 0 Å². The van der Waals surface area contributed by atoms with Gasteiger partial charge in [-0.05, 0) is 32.4 Å². The maximum Gasteiger partial charge on any atom is 0.171 e.